The van der Waals surface area contributed by atoms with Crippen LogP contribution in [0.25, 0.3) is 0 Å². The number of alkyl halides is 1. The van der Waals surface area contributed by atoms with E-state index in [9.17, 15) is 0 Å². The first-order valence-corrected chi connectivity index (χ1v) is 4.74. The quantitative estimate of drug-likeness (QED) is 0.553. The van der Waals surface area contributed by atoms with Gasteiger partial charge in [-0.2, -0.15) is 0 Å². The number of ether oxygens (including phenoxy) is 1. The summed E-state index contributed by atoms with van der Waals surface area (Å²) in [7, 11) is 0. The summed E-state index contributed by atoms with van der Waals surface area (Å²) in [5, 5.41) is 0.661. The maximum atomic E-state index is 5.77. The lowest BCUT2D eigenvalue weighted by molar-refractivity contribution is 0.353. The van der Waals surface area contributed by atoms with E-state index in [-0.39, 0.29) is 0 Å². The molecule has 0 spiro atoms. The van der Waals surface area contributed by atoms with Crippen LogP contribution >= 0.6 is 23.2 Å². The standard InChI is InChI=1S/C10H10Cl2O/c1-8(6-11)7-13-10-4-2-3-9(12)5-10/h2-5H,1,6-7H2. The zero-order chi connectivity index (χ0) is 9.68. The summed E-state index contributed by atoms with van der Waals surface area (Å²) in [4.78, 5) is 0. The molecule has 0 aromatic heterocycles. The Kier molecular flexibility index (Phi) is 4.13. The average molecular weight is 217 g/mol. The Labute approximate surface area is 87.9 Å². The second-order valence-electron chi connectivity index (χ2n) is 2.63. The van der Waals surface area contributed by atoms with E-state index in [1.54, 1.807) is 12.1 Å². The lowest BCUT2D eigenvalue weighted by atomic mass is 10.3. The van der Waals surface area contributed by atoms with E-state index in [2.05, 4.69) is 6.58 Å². The zero-order valence-corrected chi connectivity index (χ0v) is 8.61. The summed E-state index contributed by atoms with van der Waals surface area (Å²) in [5.74, 6) is 1.15. The van der Waals surface area contributed by atoms with Crippen molar-refractivity contribution in [2.24, 2.45) is 0 Å². The first-order chi connectivity index (χ1) is 6.22. The van der Waals surface area contributed by atoms with Gasteiger partial charge in [-0.05, 0) is 23.8 Å². The van der Waals surface area contributed by atoms with Gasteiger partial charge < -0.3 is 4.74 Å². The molecular weight excluding hydrogens is 207 g/mol. The van der Waals surface area contributed by atoms with Crippen LogP contribution in [0.1, 0.15) is 0 Å². The van der Waals surface area contributed by atoms with Crippen LogP contribution in [-0.2, 0) is 0 Å². The van der Waals surface area contributed by atoms with E-state index in [1.165, 1.54) is 0 Å². The highest BCUT2D eigenvalue weighted by molar-refractivity contribution is 6.30. The van der Waals surface area contributed by atoms with Crippen molar-refractivity contribution in [2.75, 3.05) is 12.5 Å². The van der Waals surface area contributed by atoms with Crippen molar-refractivity contribution in [2.45, 2.75) is 0 Å². The molecule has 0 radical (unpaired) electrons. The SMILES string of the molecule is C=C(CCl)COc1cccc(Cl)c1. The summed E-state index contributed by atoms with van der Waals surface area (Å²) >= 11 is 11.3. The molecule has 0 bridgehead atoms. The lowest BCUT2D eigenvalue weighted by Crippen LogP contribution is -2.00. The Hall–Kier alpha value is -0.660. The summed E-state index contributed by atoms with van der Waals surface area (Å²) in [6.45, 7) is 4.16. The van der Waals surface area contributed by atoms with E-state index in [0.717, 1.165) is 11.3 Å². The van der Waals surface area contributed by atoms with Crippen molar-refractivity contribution >= 4 is 23.2 Å². The Morgan fingerprint density at radius 3 is 2.85 bits per heavy atom. The van der Waals surface area contributed by atoms with Crippen LogP contribution in [0.15, 0.2) is 36.4 Å². The van der Waals surface area contributed by atoms with Crippen LogP contribution in [0.2, 0.25) is 5.02 Å². The van der Waals surface area contributed by atoms with Crippen molar-refractivity contribution in [3.63, 3.8) is 0 Å². The summed E-state index contributed by atoms with van der Waals surface area (Å²) in [6, 6.07) is 7.22. The molecule has 3 heteroatoms. The van der Waals surface area contributed by atoms with E-state index in [4.69, 9.17) is 27.9 Å². The van der Waals surface area contributed by atoms with Crippen molar-refractivity contribution in [3.05, 3.63) is 41.4 Å². The largest absolute Gasteiger partial charge is 0.489 e. The third-order valence-corrected chi connectivity index (χ3v) is 2.04. The Morgan fingerprint density at radius 1 is 1.46 bits per heavy atom. The normalized spacial score (nSPS) is 9.69. The molecular formula is C10H10Cl2O. The van der Waals surface area contributed by atoms with E-state index >= 15 is 0 Å². The molecule has 0 atom stereocenters. The number of rotatable bonds is 4. The van der Waals surface area contributed by atoms with Crippen molar-refractivity contribution in [1.82, 2.24) is 0 Å². The van der Waals surface area contributed by atoms with E-state index in [1.807, 2.05) is 12.1 Å². The highest BCUT2D eigenvalue weighted by atomic mass is 35.5. The molecule has 1 aromatic carbocycles. The fourth-order valence-electron chi connectivity index (χ4n) is 0.781. The molecule has 0 saturated carbocycles. The summed E-state index contributed by atoms with van der Waals surface area (Å²) < 4.78 is 5.37. The molecule has 1 nitrogen and oxygen atoms in total. The monoisotopic (exact) mass is 216 g/mol. The molecule has 0 unspecified atom stereocenters. The second-order valence-corrected chi connectivity index (χ2v) is 3.33. The number of halogens is 2. The molecule has 0 fully saturated rings. The van der Waals surface area contributed by atoms with Crippen LogP contribution < -0.4 is 4.74 Å². The van der Waals surface area contributed by atoms with Gasteiger partial charge in [0.1, 0.15) is 12.4 Å². The van der Waals surface area contributed by atoms with E-state index in [0.29, 0.717) is 17.5 Å². The van der Waals surface area contributed by atoms with Gasteiger partial charge >= 0.3 is 0 Å². The maximum Gasteiger partial charge on any atom is 0.121 e. The number of hydrogen-bond acceptors (Lipinski definition) is 1. The molecule has 0 amide bonds. The first-order valence-electron chi connectivity index (χ1n) is 3.83. The van der Waals surface area contributed by atoms with Crippen LogP contribution in [-0.4, -0.2) is 12.5 Å². The average Bonchev–Trinajstić information content (AvgIpc) is 2.14. The fraction of sp³-hybridized carbons (Fsp3) is 0.200. The van der Waals surface area contributed by atoms with Gasteiger partial charge in [0, 0.05) is 10.9 Å². The summed E-state index contributed by atoms with van der Waals surface area (Å²) in [6.07, 6.45) is 0. The zero-order valence-electron chi connectivity index (χ0n) is 7.09. The molecule has 0 N–H and O–H groups in total. The van der Waals surface area contributed by atoms with E-state index < -0.39 is 0 Å². The fourth-order valence-corrected chi connectivity index (χ4v) is 1.04. The van der Waals surface area contributed by atoms with Crippen LogP contribution in [0.4, 0.5) is 0 Å². The molecule has 0 aliphatic carbocycles. The van der Waals surface area contributed by atoms with Crippen molar-refractivity contribution in [3.8, 4) is 5.75 Å². The topological polar surface area (TPSA) is 9.23 Å². The molecule has 0 aliphatic heterocycles. The highest BCUT2D eigenvalue weighted by Gasteiger charge is 1.96. The predicted molar refractivity (Wildman–Crippen MR) is 56.8 cm³/mol. The minimum absolute atomic E-state index is 0.417. The second kappa shape index (κ2) is 5.15. The Balaban J connectivity index is 2.50. The third-order valence-electron chi connectivity index (χ3n) is 1.43. The molecule has 0 aliphatic rings. The molecule has 13 heavy (non-hydrogen) atoms. The van der Waals surface area contributed by atoms with Crippen LogP contribution in [0.5, 0.6) is 5.75 Å². The molecule has 1 rings (SSSR count). The molecule has 0 saturated heterocycles. The van der Waals surface area contributed by atoms with Crippen LogP contribution in [0, 0.1) is 0 Å². The van der Waals surface area contributed by atoms with Gasteiger partial charge in [0.2, 0.25) is 0 Å². The predicted octanol–water partition coefficient (Wildman–Crippen LogP) is 3.51. The Morgan fingerprint density at radius 2 is 2.23 bits per heavy atom. The van der Waals surface area contributed by atoms with Gasteiger partial charge in [-0.1, -0.05) is 24.2 Å². The minimum atomic E-state index is 0.417. The van der Waals surface area contributed by atoms with Gasteiger partial charge in [0.05, 0.1) is 0 Å². The smallest absolute Gasteiger partial charge is 0.121 e. The maximum absolute atomic E-state index is 5.77. The van der Waals surface area contributed by atoms with Crippen molar-refractivity contribution < 1.29 is 4.74 Å². The van der Waals surface area contributed by atoms with Crippen molar-refractivity contribution in [1.29, 1.82) is 0 Å². The Bertz CT molecular complexity index is 297. The van der Waals surface area contributed by atoms with Gasteiger partial charge in [0.25, 0.3) is 0 Å². The third kappa shape index (κ3) is 3.71. The summed E-state index contributed by atoms with van der Waals surface area (Å²) in [5.41, 5.74) is 0.849. The lowest BCUT2D eigenvalue weighted by Gasteiger charge is -2.06. The van der Waals surface area contributed by atoms with Gasteiger partial charge in [-0.15, -0.1) is 11.6 Å². The molecule has 1 aromatic rings. The minimum Gasteiger partial charge on any atom is -0.489 e. The van der Waals surface area contributed by atoms with Gasteiger partial charge in [-0.3, -0.25) is 0 Å². The molecule has 70 valence electrons. The number of hydrogen-bond donors (Lipinski definition) is 0. The molecule has 0 heterocycles. The highest BCUT2D eigenvalue weighted by Crippen LogP contribution is 2.17. The first kappa shape index (κ1) is 10.4. The van der Waals surface area contributed by atoms with Crippen LogP contribution in [0.3, 0.4) is 0 Å². The number of benzene rings is 1. The van der Waals surface area contributed by atoms with Gasteiger partial charge in [-0.25, -0.2) is 0 Å². The van der Waals surface area contributed by atoms with Gasteiger partial charge in [0.15, 0.2) is 0 Å².